The summed E-state index contributed by atoms with van der Waals surface area (Å²) in [5, 5.41) is 8.23. The molecule has 0 spiro atoms. The largest absolute Gasteiger partial charge is 0.480 e. The van der Waals surface area contributed by atoms with Gasteiger partial charge in [0.15, 0.2) is 9.84 Å². The van der Waals surface area contributed by atoms with Crippen molar-refractivity contribution in [3.05, 3.63) is 35.4 Å². The Bertz CT molecular complexity index is 574. The quantitative estimate of drug-likeness (QED) is 0.926. The Kier molecular flexibility index (Phi) is 4.48. The summed E-state index contributed by atoms with van der Waals surface area (Å²) >= 11 is 0. The number of carbonyl (C=O) groups is 1. The van der Waals surface area contributed by atoms with E-state index in [4.69, 9.17) is 5.11 Å². The summed E-state index contributed by atoms with van der Waals surface area (Å²) in [7, 11) is -3.59. The number of sulfone groups is 1. The van der Waals surface area contributed by atoms with Crippen LogP contribution in [-0.2, 0) is 14.6 Å². The third-order valence-corrected chi connectivity index (χ3v) is 6.13. The molecule has 4 nitrogen and oxygen atoms in total. The van der Waals surface area contributed by atoms with E-state index in [2.05, 4.69) is 0 Å². The average Bonchev–Trinajstić information content (AvgIpc) is 2.38. The lowest BCUT2D eigenvalue weighted by Gasteiger charge is -2.31. The number of aryl methyl sites for hydroxylation is 1. The molecule has 0 amide bonds. The zero-order valence-electron chi connectivity index (χ0n) is 11.6. The summed E-state index contributed by atoms with van der Waals surface area (Å²) in [6.45, 7) is 1.99. The molecular weight excluding hydrogens is 276 g/mol. The molecule has 0 aromatic heterocycles. The molecule has 110 valence electrons. The Morgan fingerprint density at radius 2 is 1.80 bits per heavy atom. The molecule has 2 atom stereocenters. The first-order valence-corrected chi connectivity index (χ1v) is 8.61. The Hall–Kier alpha value is -1.36. The van der Waals surface area contributed by atoms with E-state index in [1.54, 1.807) is 0 Å². The van der Waals surface area contributed by atoms with Crippen LogP contribution in [-0.4, -0.2) is 30.5 Å². The number of carboxylic acid groups (broad SMARTS) is 1. The molecule has 1 aliphatic carbocycles. The van der Waals surface area contributed by atoms with Gasteiger partial charge in [0.25, 0.3) is 0 Å². The summed E-state index contributed by atoms with van der Waals surface area (Å²) in [6, 6.07) is 7.89. The maximum Gasteiger partial charge on any atom is 0.318 e. The van der Waals surface area contributed by atoms with Crippen molar-refractivity contribution in [3.63, 3.8) is 0 Å². The molecule has 5 heteroatoms. The highest BCUT2D eigenvalue weighted by Gasteiger charge is 2.37. The number of benzene rings is 1. The lowest BCUT2D eigenvalue weighted by Crippen LogP contribution is -2.35. The summed E-state index contributed by atoms with van der Waals surface area (Å²) in [5.41, 5.74) is 2.14. The average molecular weight is 296 g/mol. The first-order valence-electron chi connectivity index (χ1n) is 6.90. The molecule has 0 radical (unpaired) electrons. The van der Waals surface area contributed by atoms with Crippen molar-refractivity contribution in [1.82, 2.24) is 0 Å². The fourth-order valence-electron chi connectivity index (χ4n) is 3.00. The monoisotopic (exact) mass is 296 g/mol. The molecule has 1 aliphatic rings. The third kappa shape index (κ3) is 3.39. The second-order valence-corrected chi connectivity index (χ2v) is 7.76. The van der Waals surface area contributed by atoms with E-state index >= 15 is 0 Å². The molecule has 1 aromatic rings. The van der Waals surface area contributed by atoms with Crippen LogP contribution in [0.2, 0.25) is 0 Å². The lowest BCUT2D eigenvalue weighted by atomic mass is 9.83. The summed E-state index contributed by atoms with van der Waals surface area (Å²) in [6.07, 6.45) is 3.23. The minimum Gasteiger partial charge on any atom is -0.480 e. The van der Waals surface area contributed by atoms with Crippen LogP contribution in [0.1, 0.15) is 42.7 Å². The Balaban J connectivity index is 2.30. The van der Waals surface area contributed by atoms with Gasteiger partial charge in [-0.3, -0.25) is 4.79 Å². The highest BCUT2D eigenvalue weighted by Crippen LogP contribution is 2.37. The number of hydrogen-bond donors (Lipinski definition) is 1. The predicted molar refractivity (Wildman–Crippen MR) is 77.6 cm³/mol. The number of hydrogen-bond acceptors (Lipinski definition) is 3. The maximum absolute atomic E-state index is 12.3. The van der Waals surface area contributed by atoms with Gasteiger partial charge in [0.1, 0.15) is 5.75 Å². The Morgan fingerprint density at radius 3 is 2.40 bits per heavy atom. The molecule has 1 aromatic carbocycles. The van der Waals surface area contributed by atoms with Crippen LogP contribution in [0.3, 0.4) is 0 Å². The summed E-state index contributed by atoms with van der Waals surface area (Å²) in [5.74, 6) is -2.10. The fourth-order valence-corrected chi connectivity index (χ4v) is 4.88. The third-order valence-electron chi connectivity index (χ3n) is 3.99. The van der Waals surface area contributed by atoms with Gasteiger partial charge in [-0.05, 0) is 25.3 Å². The maximum atomic E-state index is 12.3. The van der Waals surface area contributed by atoms with Crippen molar-refractivity contribution in [2.24, 2.45) is 0 Å². The van der Waals surface area contributed by atoms with Gasteiger partial charge in [0.2, 0.25) is 0 Å². The molecule has 0 saturated heterocycles. The van der Waals surface area contributed by atoms with Gasteiger partial charge in [-0.25, -0.2) is 8.42 Å². The second-order valence-electron chi connectivity index (χ2n) is 5.54. The van der Waals surface area contributed by atoms with Crippen LogP contribution in [0.25, 0.3) is 0 Å². The van der Waals surface area contributed by atoms with Crippen LogP contribution in [0.4, 0.5) is 0 Å². The van der Waals surface area contributed by atoms with Crippen molar-refractivity contribution >= 4 is 15.8 Å². The topological polar surface area (TPSA) is 71.4 Å². The first-order chi connectivity index (χ1) is 9.40. The zero-order chi connectivity index (χ0) is 14.8. The van der Waals surface area contributed by atoms with Gasteiger partial charge in [0, 0.05) is 5.92 Å². The van der Waals surface area contributed by atoms with Crippen LogP contribution in [0.5, 0.6) is 0 Å². The molecule has 0 unspecified atom stereocenters. The standard InChI is InChI=1S/C15H20O4S/c1-11-6-8-12(9-7-11)13-4-2-3-5-14(13)20(18,19)10-15(16)17/h6-9,13-14H,2-5,10H2,1H3,(H,16,17)/t13-,14-/m0/s1. The van der Waals surface area contributed by atoms with E-state index in [0.29, 0.717) is 6.42 Å². The molecule has 0 heterocycles. The SMILES string of the molecule is Cc1ccc([C@@H]2CCCC[C@@H]2S(=O)(=O)CC(=O)O)cc1. The van der Waals surface area contributed by atoms with Crippen molar-refractivity contribution in [2.45, 2.75) is 43.8 Å². The van der Waals surface area contributed by atoms with Crippen LogP contribution in [0, 0.1) is 6.92 Å². The summed E-state index contributed by atoms with van der Waals surface area (Å²) < 4.78 is 24.5. The van der Waals surface area contributed by atoms with E-state index in [0.717, 1.165) is 30.4 Å². The number of aliphatic carboxylic acids is 1. The van der Waals surface area contributed by atoms with Crippen molar-refractivity contribution in [2.75, 3.05) is 5.75 Å². The van der Waals surface area contributed by atoms with Gasteiger partial charge in [-0.2, -0.15) is 0 Å². The highest BCUT2D eigenvalue weighted by molar-refractivity contribution is 7.92. The molecule has 1 saturated carbocycles. The summed E-state index contributed by atoms with van der Waals surface area (Å²) in [4.78, 5) is 10.8. The zero-order valence-corrected chi connectivity index (χ0v) is 12.4. The van der Waals surface area contributed by atoms with Gasteiger partial charge >= 0.3 is 5.97 Å². The molecule has 20 heavy (non-hydrogen) atoms. The number of carboxylic acids is 1. The lowest BCUT2D eigenvalue weighted by molar-refractivity contribution is -0.134. The molecule has 0 aliphatic heterocycles. The highest BCUT2D eigenvalue weighted by atomic mass is 32.2. The second kappa shape index (κ2) is 5.95. The normalized spacial score (nSPS) is 23.4. The number of rotatable bonds is 4. The van der Waals surface area contributed by atoms with Gasteiger partial charge in [0.05, 0.1) is 5.25 Å². The molecule has 1 fully saturated rings. The van der Waals surface area contributed by atoms with E-state index in [9.17, 15) is 13.2 Å². The molecular formula is C15H20O4S. The minimum atomic E-state index is -3.59. The first kappa shape index (κ1) is 15.0. The fraction of sp³-hybridized carbons (Fsp3) is 0.533. The molecule has 0 bridgehead atoms. The Labute approximate surface area is 119 Å². The molecule has 2 rings (SSSR count). The van der Waals surface area contributed by atoms with Crippen LogP contribution < -0.4 is 0 Å². The van der Waals surface area contributed by atoms with Crippen molar-refractivity contribution in [3.8, 4) is 0 Å². The molecule has 1 N–H and O–H groups in total. The van der Waals surface area contributed by atoms with E-state index in [1.165, 1.54) is 0 Å². The van der Waals surface area contributed by atoms with Crippen molar-refractivity contribution < 1.29 is 18.3 Å². The van der Waals surface area contributed by atoms with E-state index < -0.39 is 26.8 Å². The van der Waals surface area contributed by atoms with Crippen LogP contribution >= 0.6 is 0 Å². The smallest absolute Gasteiger partial charge is 0.318 e. The predicted octanol–water partition coefficient (Wildman–Crippen LogP) is 2.52. The van der Waals surface area contributed by atoms with E-state index in [-0.39, 0.29) is 5.92 Å². The minimum absolute atomic E-state index is 0.0753. The van der Waals surface area contributed by atoms with Crippen LogP contribution in [0.15, 0.2) is 24.3 Å². The van der Waals surface area contributed by atoms with E-state index in [1.807, 2.05) is 31.2 Å². The van der Waals surface area contributed by atoms with Crippen molar-refractivity contribution in [1.29, 1.82) is 0 Å². The van der Waals surface area contributed by atoms with Gasteiger partial charge in [-0.1, -0.05) is 42.7 Å². The van der Waals surface area contributed by atoms with Gasteiger partial charge < -0.3 is 5.11 Å². The van der Waals surface area contributed by atoms with Gasteiger partial charge in [-0.15, -0.1) is 0 Å². The Morgan fingerprint density at radius 1 is 1.20 bits per heavy atom.